The number of amides is 1. The Kier molecular flexibility index (Phi) is 8.29. The van der Waals surface area contributed by atoms with Crippen LogP contribution in [-0.4, -0.2) is 23.5 Å². The number of nitrogens with zero attached hydrogens (tertiary/aromatic N) is 1. The second-order valence-corrected chi connectivity index (χ2v) is 4.01. The Hall–Kier alpha value is -1.84. The van der Waals surface area contributed by atoms with Gasteiger partial charge in [-0.1, -0.05) is 45.4 Å². The van der Waals surface area contributed by atoms with Gasteiger partial charge in [-0.3, -0.25) is 9.59 Å². The normalized spacial score (nSPS) is 12.4. The third-order valence-electron chi connectivity index (χ3n) is 2.73. The standard InChI is InChI=1S/C12H13NO3.2C2H6/c1-8-2-4-10-9(6-8)3-5-11(14)13(10)7-12(15)16;2*1-2/h2,4,6H,3,5,7H2,1H3,(H,15,16);2*1-2H3. The van der Waals surface area contributed by atoms with Crippen LogP contribution in [0.15, 0.2) is 18.2 Å². The Balaban J connectivity index is 0.000000829. The fourth-order valence-electron chi connectivity index (χ4n) is 2.00. The number of carboxylic acids is 1. The second kappa shape index (κ2) is 9.13. The summed E-state index contributed by atoms with van der Waals surface area (Å²) < 4.78 is 0. The van der Waals surface area contributed by atoms with Crippen LogP contribution in [0.3, 0.4) is 0 Å². The van der Waals surface area contributed by atoms with Crippen LogP contribution in [0.5, 0.6) is 0 Å². The Morgan fingerprint density at radius 2 is 1.80 bits per heavy atom. The molecule has 20 heavy (non-hydrogen) atoms. The highest BCUT2D eigenvalue weighted by molar-refractivity contribution is 5.99. The van der Waals surface area contributed by atoms with Crippen molar-refractivity contribution < 1.29 is 14.7 Å². The monoisotopic (exact) mass is 279 g/mol. The molecule has 0 spiro atoms. The van der Waals surface area contributed by atoms with Crippen LogP contribution < -0.4 is 4.90 Å². The summed E-state index contributed by atoms with van der Waals surface area (Å²) >= 11 is 0. The topological polar surface area (TPSA) is 57.6 Å². The molecule has 1 amide bonds. The molecule has 0 fully saturated rings. The summed E-state index contributed by atoms with van der Waals surface area (Å²) in [5, 5.41) is 8.77. The smallest absolute Gasteiger partial charge is 0.323 e. The lowest BCUT2D eigenvalue weighted by Gasteiger charge is -2.28. The summed E-state index contributed by atoms with van der Waals surface area (Å²) in [6, 6.07) is 5.73. The molecule has 0 unspecified atom stereocenters. The average molecular weight is 279 g/mol. The minimum atomic E-state index is -0.984. The van der Waals surface area contributed by atoms with Crippen LogP contribution in [0.25, 0.3) is 0 Å². The molecule has 1 aromatic carbocycles. The number of hydrogen-bond donors (Lipinski definition) is 1. The Morgan fingerprint density at radius 3 is 2.35 bits per heavy atom. The molecule has 112 valence electrons. The summed E-state index contributed by atoms with van der Waals surface area (Å²) in [7, 11) is 0. The van der Waals surface area contributed by atoms with Crippen LogP contribution in [0.2, 0.25) is 0 Å². The van der Waals surface area contributed by atoms with Gasteiger partial charge in [-0.05, 0) is 25.0 Å². The van der Waals surface area contributed by atoms with Gasteiger partial charge in [0.25, 0.3) is 0 Å². The third kappa shape index (κ3) is 4.68. The SMILES string of the molecule is CC.CC.Cc1ccc2c(c1)CCC(=O)N2CC(=O)O. The molecule has 2 rings (SSSR count). The molecule has 0 bridgehead atoms. The molecule has 0 radical (unpaired) electrons. The van der Waals surface area contributed by atoms with Crippen molar-refractivity contribution in [1.29, 1.82) is 0 Å². The number of carbonyl (C=O) groups is 2. The molecule has 1 N–H and O–H groups in total. The van der Waals surface area contributed by atoms with Gasteiger partial charge in [-0.25, -0.2) is 0 Å². The highest BCUT2D eigenvalue weighted by Crippen LogP contribution is 2.28. The van der Waals surface area contributed by atoms with Crippen molar-refractivity contribution in [3.05, 3.63) is 29.3 Å². The molecule has 1 heterocycles. The number of anilines is 1. The molecule has 0 aliphatic carbocycles. The van der Waals surface area contributed by atoms with Crippen LogP contribution >= 0.6 is 0 Å². The predicted molar refractivity (Wildman–Crippen MR) is 82.2 cm³/mol. The van der Waals surface area contributed by atoms with Crippen molar-refractivity contribution in [3.63, 3.8) is 0 Å². The van der Waals surface area contributed by atoms with Crippen LogP contribution in [0, 0.1) is 6.92 Å². The van der Waals surface area contributed by atoms with E-state index < -0.39 is 5.97 Å². The van der Waals surface area contributed by atoms with Gasteiger partial charge in [-0.15, -0.1) is 0 Å². The first-order chi connectivity index (χ1) is 9.58. The first-order valence-electron chi connectivity index (χ1n) is 7.19. The Morgan fingerprint density at radius 1 is 1.20 bits per heavy atom. The first kappa shape index (κ1) is 18.2. The summed E-state index contributed by atoms with van der Waals surface area (Å²) in [6.45, 7) is 9.73. The Labute approximate surface area is 121 Å². The van der Waals surface area contributed by atoms with E-state index in [4.69, 9.17) is 5.11 Å². The Bertz CT molecular complexity index is 455. The fourth-order valence-corrected chi connectivity index (χ4v) is 2.00. The molecular formula is C16H25NO3. The molecule has 0 saturated heterocycles. The van der Waals surface area contributed by atoms with Gasteiger partial charge in [0, 0.05) is 12.1 Å². The number of benzene rings is 1. The number of aryl methyl sites for hydroxylation is 2. The zero-order valence-corrected chi connectivity index (χ0v) is 13.1. The van der Waals surface area contributed by atoms with E-state index in [0.29, 0.717) is 12.8 Å². The molecule has 0 aromatic heterocycles. The maximum absolute atomic E-state index is 11.6. The van der Waals surface area contributed by atoms with E-state index in [1.54, 1.807) is 0 Å². The lowest BCUT2D eigenvalue weighted by Crippen LogP contribution is -2.38. The molecule has 1 aliphatic heterocycles. The summed E-state index contributed by atoms with van der Waals surface area (Å²) in [4.78, 5) is 23.7. The quantitative estimate of drug-likeness (QED) is 0.902. The second-order valence-electron chi connectivity index (χ2n) is 4.01. The molecule has 4 heteroatoms. The number of aliphatic carboxylic acids is 1. The summed E-state index contributed by atoms with van der Waals surface area (Å²) in [6.07, 6.45) is 1.09. The van der Waals surface area contributed by atoms with Crippen molar-refractivity contribution in [3.8, 4) is 0 Å². The number of carboxylic acid groups (broad SMARTS) is 1. The van der Waals surface area contributed by atoms with Gasteiger partial charge in [0.15, 0.2) is 0 Å². The average Bonchev–Trinajstić information content (AvgIpc) is 2.46. The highest BCUT2D eigenvalue weighted by atomic mass is 16.4. The maximum atomic E-state index is 11.6. The molecular weight excluding hydrogens is 254 g/mol. The van der Waals surface area contributed by atoms with E-state index >= 15 is 0 Å². The van der Waals surface area contributed by atoms with Crippen molar-refractivity contribution in [2.24, 2.45) is 0 Å². The van der Waals surface area contributed by atoms with Crippen molar-refractivity contribution >= 4 is 17.6 Å². The van der Waals surface area contributed by atoms with Crippen LogP contribution in [0.4, 0.5) is 5.69 Å². The van der Waals surface area contributed by atoms with Gasteiger partial charge in [-0.2, -0.15) is 0 Å². The van der Waals surface area contributed by atoms with Crippen molar-refractivity contribution in [2.45, 2.75) is 47.5 Å². The first-order valence-corrected chi connectivity index (χ1v) is 7.19. The maximum Gasteiger partial charge on any atom is 0.323 e. The summed E-state index contributed by atoms with van der Waals surface area (Å²) in [5.74, 6) is -1.10. The van der Waals surface area contributed by atoms with E-state index in [0.717, 1.165) is 16.8 Å². The van der Waals surface area contributed by atoms with Crippen molar-refractivity contribution in [1.82, 2.24) is 0 Å². The van der Waals surface area contributed by atoms with Crippen molar-refractivity contribution in [2.75, 3.05) is 11.4 Å². The van der Waals surface area contributed by atoms with Gasteiger partial charge >= 0.3 is 5.97 Å². The molecule has 1 aliphatic rings. The molecule has 1 aromatic rings. The molecule has 0 saturated carbocycles. The van der Waals surface area contributed by atoms with E-state index in [-0.39, 0.29) is 12.5 Å². The van der Waals surface area contributed by atoms with Crippen LogP contribution in [-0.2, 0) is 16.0 Å². The summed E-state index contributed by atoms with van der Waals surface area (Å²) in [5.41, 5.74) is 2.92. The van der Waals surface area contributed by atoms with Gasteiger partial charge in [0.2, 0.25) is 5.91 Å². The fraction of sp³-hybridized carbons (Fsp3) is 0.500. The van der Waals surface area contributed by atoms with Gasteiger partial charge in [0.1, 0.15) is 6.54 Å². The zero-order valence-electron chi connectivity index (χ0n) is 13.1. The minimum absolute atomic E-state index is 0.112. The van der Waals surface area contributed by atoms with E-state index in [1.807, 2.05) is 52.8 Å². The lowest BCUT2D eigenvalue weighted by molar-refractivity contribution is -0.136. The van der Waals surface area contributed by atoms with Crippen LogP contribution in [0.1, 0.15) is 45.2 Å². The lowest BCUT2D eigenvalue weighted by atomic mass is 9.99. The number of carbonyl (C=O) groups excluding carboxylic acids is 1. The predicted octanol–water partition coefficient (Wildman–Crippen LogP) is 3.41. The number of hydrogen-bond acceptors (Lipinski definition) is 2. The minimum Gasteiger partial charge on any atom is -0.480 e. The largest absolute Gasteiger partial charge is 0.480 e. The molecule has 4 nitrogen and oxygen atoms in total. The third-order valence-corrected chi connectivity index (χ3v) is 2.73. The van der Waals surface area contributed by atoms with E-state index in [2.05, 4.69) is 0 Å². The molecule has 0 atom stereocenters. The van der Waals surface area contributed by atoms with E-state index in [9.17, 15) is 9.59 Å². The highest BCUT2D eigenvalue weighted by Gasteiger charge is 2.25. The van der Waals surface area contributed by atoms with Gasteiger partial charge in [0.05, 0.1) is 0 Å². The van der Waals surface area contributed by atoms with E-state index in [1.165, 1.54) is 4.90 Å². The number of fused-ring (bicyclic) bond motifs is 1. The van der Waals surface area contributed by atoms with Gasteiger partial charge < -0.3 is 10.0 Å². The zero-order chi connectivity index (χ0) is 15.7. The number of rotatable bonds is 2.